The van der Waals surface area contributed by atoms with Crippen molar-refractivity contribution in [3.63, 3.8) is 0 Å². The highest BCUT2D eigenvalue weighted by molar-refractivity contribution is 5.35. The van der Waals surface area contributed by atoms with Gasteiger partial charge in [-0.05, 0) is 48.9 Å². The fourth-order valence-corrected chi connectivity index (χ4v) is 1.91. The van der Waals surface area contributed by atoms with E-state index in [1.807, 2.05) is 31.2 Å². The quantitative estimate of drug-likeness (QED) is 0.714. The van der Waals surface area contributed by atoms with Crippen LogP contribution < -0.4 is 4.74 Å². The van der Waals surface area contributed by atoms with Gasteiger partial charge in [0, 0.05) is 0 Å². The summed E-state index contributed by atoms with van der Waals surface area (Å²) in [5, 5.41) is 4.20. The van der Waals surface area contributed by atoms with Crippen molar-refractivity contribution < 1.29 is 9.13 Å². The van der Waals surface area contributed by atoms with Gasteiger partial charge in [0.2, 0.25) is 0 Å². The number of halogens is 1. The van der Waals surface area contributed by atoms with E-state index < -0.39 is 0 Å². The number of hydrogen-bond donors (Lipinski definition) is 0. The van der Waals surface area contributed by atoms with Gasteiger partial charge in [-0.15, -0.1) is 0 Å². The fourth-order valence-electron chi connectivity index (χ4n) is 1.91. The maximum absolute atomic E-state index is 12.9. The van der Waals surface area contributed by atoms with E-state index in [0.29, 0.717) is 5.75 Å². The SMILES string of the molecule is Cc1cccc(Oc2cnn(-c3ccc(F)cc3)c2)c1. The Morgan fingerprint density at radius 1 is 1.05 bits per heavy atom. The maximum atomic E-state index is 12.9. The predicted molar refractivity (Wildman–Crippen MR) is 74.8 cm³/mol. The minimum atomic E-state index is -0.267. The number of ether oxygens (including phenoxy) is 1. The Morgan fingerprint density at radius 2 is 1.85 bits per heavy atom. The predicted octanol–water partition coefficient (Wildman–Crippen LogP) is 4.11. The average molecular weight is 268 g/mol. The summed E-state index contributed by atoms with van der Waals surface area (Å²) < 4.78 is 20.2. The average Bonchev–Trinajstić information content (AvgIpc) is 2.88. The van der Waals surface area contributed by atoms with Gasteiger partial charge in [-0.2, -0.15) is 5.10 Å². The van der Waals surface area contributed by atoms with Gasteiger partial charge < -0.3 is 4.74 Å². The van der Waals surface area contributed by atoms with Crippen molar-refractivity contribution in [3.8, 4) is 17.2 Å². The summed E-state index contributed by atoms with van der Waals surface area (Å²) in [6, 6.07) is 13.9. The van der Waals surface area contributed by atoms with E-state index >= 15 is 0 Å². The molecule has 3 aromatic rings. The third-order valence-corrected chi connectivity index (χ3v) is 2.88. The number of benzene rings is 2. The van der Waals surface area contributed by atoms with Crippen molar-refractivity contribution in [2.75, 3.05) is 0 Å². The second-order valence-electron chi connectivity index (χ2n) is 4.52. The van der Waals surface area contributed by atoms with E-state index in [0.717, 1.165) is 17.0 Å². The van der Waals surface area contributed by atoms with Crippen LogP contribution in [0.4, 0.5) is 4.39 Å². The van der Waals surface area contributed by atoms with Crippen LogP contribution in [0, 0.1) is 12.7 Å². The molecule has 0 bridgehead atoms. The molecule has 3 nitrogen and oxygen atoms in total. The first-order chi connectivity index (χ1) is 9.70. The van der Waals surface area contributed by atoms with E-state index in [1.54, 1.807) is 29.2 Å². The lowest BCUT2D eigenvalue weighted by Crippen LogP contribution is -1.93. The van der Waals surface area contributed by atoms with E-state index in [4.69, 9.17) is 4.74 Å². The Labute approximate surface area is 116 Å². The first-order valence-corrected chi connectivity index (χ1v) is 6.26. The molecule has 0 saturated carbocycles. The molecular formula is C16H13FN2O. The fraction of sp³-hybridized carbons (Fsp3) is 0.0625. The molecule has 20 heavy (non-hydrogen) atoms. The molecule has 0 radical (unpaired) electrons. The highest BCUT2D eigenvalue weighted by Crippen LogP contribution is 2.22. The molecule has 0 amide bonds. The molecule has 0 spiro atoms. The largest absolute Gasteiger partial charge is 0.454 e. The molecule has 1 aromatic heterocycles. The van der Waals surface area contributed by atoms with Crippen LogP contribution in [0.25, 0.3) is 5.69 Å². The monoisotopic (exact) mass is 268 g/mol. The molecule has 0 aliphatic carbocycles. The number of hydrogen-bond acceptors (Lipinski definition) is 2. The third-order valence-electron chi connectivity index (χ3n) is 2.88. The number of rotatable bonds is 3. The highest BCUT2D eigenvalue weighted by Gasteiger charge is 2.03. The van der Waals surface area contributed by atoms with Crippen LogP contribution in [0.3, 0.4) is 0 Å². The Morgan fingerprint density at radius 3 is 2.60 bits per heavy atom. The lowest BCUT2D eigenvalue weighted by Gasteiger charge is -2.03. The van der Waals surface area contributed by atoms with Crippen molar-refractivity contribution >= 4 is 0 Å². The summed E-state index contributed by atoms with van der Waals surface area (Å²) in [5.41, 5.74) is 1.92. The molecule has 0 aliphatic heterocycles. The number of nitrogens with zero attached hydrogens (tertiary/aromatic N) is 2. The van der Waals surface area contributed by atoms with E-state index in [-0.39, 0.29) is 5.82 Å². The van der Waals surface area contributed by atoms with Gasteiger partial charge in [0.05, 0.1) is 18.1 Å². The molecule has 0 aliphatic rings. The maximum Gasteiger partial charge on any atom is 0.165 e. The molecule has 100 valence electrons. The smallest absolute Gasteiger partial charge is 0.165 e. The van der Waals surface area contributed by atoms with Crippen LogP contribution in [0.1, 0.15) is 5.56 Å². The molecule has 2 aromatic carbocycles. The molecular weight excluding hydrogens is 255 g/mol. The highest BCUT2D eigenvalue weighted by atomic mass is 19.1. The standard InChI is InChI=1S/C16H13FN2O/c1-12-3-2-4-15(9-12)20-16-10-18-19(11-16)14-7-5-13(17)6-8-14/h2-11H,1H3. The summed E-state index contributed by atoms with van der Waals surface area (Å²) in [4.78, 5) is 0. The van der Waals surface area contributed by atoms with Gasteiger partial charge in [-0.1, -0.05) is 12.1 Å². The van der Waals surface area contributed by atoms with Crippen LogP contribution >= 0.6 is 0 Å². The Balaban J connectivity index is 1.82. The van der Waals surface area contributed by atoms with Crippen LogP contribution in [-0.2, 0) is 0 Å². The second kappa shape index (κ2) is 5.17. The molecule has 0 fully saturated rings. The van der Waals surface area contributed by atoms with E-state index in [9.17, 15) is 4.39 Å². The molecule has 4 heteroatoms. The molecule has 1 heterocycles. The summed E-state index contributed by atoms with van der Waals surface area (Å²) in [7, 11) is 0. The van der Waals surface area contributed by atoms with Crippen molar-refractivity contribution in [1.29, 1.82) is 0 Å². The zero-order chi connectivity index (χ0) is 13.9. The van der Waals surface area contributed by atoms with E-state index in [2.05, 4.69) is 5.10 Å². The lowest BCUT2D eigenvalue weighted by atomic mass is 10.2. The molecule has 3 rings (SSSR count). The first-order valence-electron chi connectivity index (χ1n) is 6.26. The zero-order valence-electron chi connectivity index (χ0n) is 11.0. The van der Waals surface area contributed by atoms with Gasteiger partial charge in [-0.25, -0.2) is 9.07 Å². The zero-order valence-corrected chi connectivity index (χ0v) is 11.0. The van der Waals surface area contributed by atoms with Gasteiger partial charge in [0.15, 0.2) is 5.75 Å². The van der Waals surface area contributed by atoms with Crippen LogP contribution in [0.5, 0.6) is 11.5 Å². The van der Waals surface area contributed by atoms with Gasteiger partial charge in [0.1, 0.15) is 11.6 Å². The summed E-state index contributed by atoms with van der Waals surface area (Å²) >= 11 is 0. The Bertz CT molecular complexity index is 719. The van der Waals surface area contributed by atoms with Crippen molar-refractivity contribution in [2.45, 2.75) is 6.92 Å². The summed E-state index contributed by atoms with van der Waals surface area (Å²) in [6.07, 6.45) is 3.39. The Hall–Kier alpha value is -2.62. The van der Waals surface area contributed by atoms with Crippen molar-refractivity contribution in [1.82, 2.24) is 9.78 Å². The molecule has 0 unspecified atom stereocenters. The lowest BCUT2D eigenvalue weighted by molar-refractivity contribution is 0.482. The normalized spacial score (nSPS) is 10.5. The minimum absolute atomic E-state index is 0.267. The number of aromatic nitrogens is 2. The second-order valence-corrected chi connectivity index (χ2v) is 4.52. The topological polar surface area (TPSA) is 27.1 Å². The van der Waals surface area contributed by atoms with Crippen LogP contribution in [-0.4, -0.2) is 9.78 Å². The minimum Gasteiger partial charge on any atom is -0.454 e. The van der Waals surface area contributed by atoms with Crippen molar-refractivity contribution in [2.24, 2.45) is 0 Å². The third kappa shape index (κ3) is 2.69. The molecule has 0 saturated heterocycles. The first kappa shape index (κ1) is 12.4. The van der Waals surface area contributed by atoms with Gasteiger partial charge >= 0.3 is 0 Å². The van der Waals surface area contributed by atoms with Gasteiger partial charge in [-0.3, -0.25) is 0 Å². The van der Waals surface area contributed by atoms with Crippen LogP contribution in [0.2, 0.25) is 0 Å². The van der Waals surface area contributed by atoms with Crippen LogP contribution in [0.15, 0.2) is 60.9 Å². The van der Waals surface area contributed by atoms with E-state index in [1.165, 1.54) is 12.1 Å². The number of aryl methyl sites for hydroxylation is 1. The molecule has 0 N–H and O–H groups in total. The summed E-state index contributed by atoms with van der Waals surface area (Å²) in [6.45, 7) is 2.01. The Kier molecular flexibility index (Phi) is 3.21. The summed E-state index contributed by atoms with van der Waals surface area (Å²) in [5.74, 6) is 1.14. The van der Waals surface area contributed by atoms with Crippen molar-refractivity contribution in [3.05, 3.63) is 72.3 Å². The molecule has 0 atom stereocenters. The van der Waals surface area contributed by atoms with Gasteiger partial charge in [0.25, 0.3) is 0 Å².